The third-order valence-electron chi connectivity index (χ3n) is 4.00. The second-order valence-electron chi connectivity index (χ2n) is 5.90. The number of nitrogens with zero attached hydrogens (tertiary/aromatic N) is 1. The first-order chi connectivity index (χ1) is 12.6. The molecule has 0 N–H and O–H groups in total. The predicted octanol–water partition coefficient (Wildman–Crippen LogP) is 4.47. The van der Waals surface area contributed by atoms with Crippen molar-refractivity contribution in [3.8, 4) is 11.5 Å². The van der Waals surface area contributed by atoms with Gasteiger partial charge in [0.15, 0.2) is 11.5 Å². The van der Waals surface area contributed by atoms with Gasteiger partial charge in [-0.25, -0.2) is 4.39 Å². The zero-order chi connectivity index (χ0) is 18.5. The first-order valence-corrected chi connectivity index (χ1v) is 8.70. The first-order valence-electron chi connectivity index (χ1n) is 8.33. The van der Waals surface area contributed by atoms with Crippen molar-refractivity contribution < 1.29 is 18.7 Å². The van der Waals surface area contributed by atoms with E-state index in [-0.39, 0.29) is 24.8 Å². The summed E-state index contributed by atoms with van der Waals surface area (Å²) in [5, 5.41) is 0.317. The lowest BCUT2D eigenvalue weighted by molar-refractivity contribution is 0.0761. The van der Waals surface area contributed by atoms with Gasteiger partial charge in [-0.2, -0.15) is 0 Å². The number of fused-ring (bicyclic) bond motifs is 1. The van der Waals surface area contributed by atoms with Crippen molar-refractivity contribution in [1.82, 2.24) is 4.90 Å². The molecule has 26 heavy (non-hydrogen) atoms. The quantitative estimate of drug-likeness (QED) is 0.724. The Morgan fingerprint density at radius 3 is 2.81 bits per heavy atom. The highest BCUT2D eigenvalue weighted by Crippen LogP contribution is 2.38. The molecule has 1 aliphatic heterocycles. The number of amides is 1. The molecule has 0 saturated carbocycles. The molecule has 0 radical (unpaired) electrons. The van der Waals surface area contributed by atoms with Crippen LogP contribution in [0.4, 0.5) is 4.39 Å². The monoisotopic (exact) mass is 375 g/mol. The maximum absolute atomic E-state index is 14.0. The van der Waals surface area contributed by atoms with Gasteiger partial charge in [0.2, 0.25) is 0 Å². The maximum Gasteiger partial charge on any atom is 0.254 e. The molecule has 2 aromatic rings. The molecular weight excluding hydrogens is 357 g/mol. The Bertz CT molecular complexity index is 825. The lowest BCUT2D eigenvalue weighted by atomic mass is 10.1. The number of rotatable bonds is 5. The lowest BCUT2D eigenvalue weighted by Gasteiger charge is -2.22. The van der Waals surface area contributed by atoms with Crippen LogP contribution in [0.1, 0.15) is 22.3 Å². The van der Waals surface area contributed by atoms with E-state index in [0.29, 0.717) is 40.9 Å². The summed E-state index contributed by atoms with van der Waals surface area (Å²) in [6, 6.07) is 9.54. The van der Waals surface area contributed by atoms with Crippen molar-refractivity contribution in [2.45, 2.75) is 13.0 Å². The van der Waals surface area contributed by atoms with E-state index in [9.17, 15) is 9.18 Å². The molecule has 0 unspecified atom stereocenters. The molecule has 3 rings (SSSR count). The molecule has 0 aromatic heterocycles. The summed E-state index contributed by atoms with van der Waals surface area (Å²) in [7, 11) is 0. The minimum atomic E-state index is -0.356. The fourth-order valence-electron chi connectivity index (χ4n) is 2.74. The molecule has 4 nitrogen and oxygen atoms in total. The van der Waals surface area contributed by atoms with Crippen LogP contribution < -0.4 is 9.47 Å². The number of hydrogen-bond donors (Lipinski definition) is 0. The molecule has 1 heterocycles. The van der Waals surface area contributed by atoms with Gasteiger partial charge in [-0.3, -0.25) is 4.79 Å². The van der Waals surface area contributed by atoms with Crippen LogP contribution in [0.5, 0.6) is 11.5 Å². The van der Waals surface area contributed by atoms with Crippen LogP contribution >= 0.6 is 11.6 Å². The minimum absolute atomic E-state index is 0.129. The van der Waals surface area contributed by atoms with Crippen molar-refractivity contribution >= 4 is 17.5 Å². The van der Waals surface area contributed by atoms with E-state index in [1.165, 1.54) is 11.0 Å². The van der Waals surface area contributed by atoms with E-state index < -0.39 is 0 Å². The minimum Gasteiger partial charge on any atom is -0.489 e. The first kappa shape index (κ1) is 18.3. The van der Waals surface area contributed by atoms with Crippen LogP contribution in [0, 0.1) is 5.82 Å². The smallest absolute Gasteiger partial charge is 0.254 e. The normalized spacial score (nSPS) is 13.0. The van der Waals surface area contributed by atoms with Crippen LogP contribution in [0.3, 0.4) is 0 Å². The molecule has 0 saturated heterocycles. The number of ether oxygens (including phenoxy) is 2. The van der Waals surface area contributed by atoms with Gasteiger partial charge >= 0.3 is 0 Å². The summed E-state index contributed by atoms with van der Waals surface area (Å²) in [6.45, 7) is 5.09. The summed E-state index contributed by atoms with van der Waals surface area (Å²) in [5.41, 5.74) is 0.792. The van der Waals surface area contributed by atoms with Gasteiger partial charge in [-0.05, 0) is 18.2 Å². The standard InChI is InChI=1S/C20H19ClFNO3/c1-2-8-23(13-14-6-3-4-7-17(14)22)20(24)15-11-16(21)19-18(12-15)25-9-5-10-26-19/h2-4,6-7,11-12H,1,5,8-10,13H2. The van der Waals surface area contributed by atoms with Gasteiger partial charge in [-0.15, -0.1) is 6.58 Å². The Labute approximate surface area is 156 Å². The van der Waals surface area contributed by atoms with Crippen LogP contribution in [0.15, 0.2) is 49.1 Å². The number of benzene rings is 2. The predicted molar refractivity (Wildman–Crippen MR) is 98.4 cm³/mol. The third-order valence-corrected chi connectivity index (χ3v) is 4.29. The fourth-order valence-corrected chi connectivity index (χ4v) is 3.01. The molecule has 1 amide bonds. The summed E-state index contributed by atoms with van der Waals surface area (Å²) < 4.78 is 25.2. The molecule has 0 fully saturated rings. The van der Waals surface area contributed by atoms with Gasteiger partial charge in [0.05, 0.1) is 18.2 Å². The highest BCUT2D eigenvalue weighted by molar-refractivity contribution is 6.32. The highest BCUT2D eigenvalue weighted by atomic mass is 35.5. The summed E-state index contributed by atoms with van der Waals surface area (Å²) >= 11 is 6.28. The van der Waals surface area contributed by atoms with Crippen LogP contribution in [-0.2, 0) is 6.54 Å². The zero-order valence-electron chi connectivity index (χ0n) is 14.2. The maximum atomic E-state index is 14.0. The van der Waals surface area contributed by atoms with Crippen LogP contribution in [0.2, 0.25) is 5.02 Å². The average molecular weight is 376 g/mol. The molecular formula is C20H19ClFNO3. The number of hydrogen-bond acceptors (Lipinski definition) is 3. The van der Waals surface area contributed by atoms with Gasteiger partial charge in [0.25, 0.3) is 5.91 Å². The SMILES string of the molecule is C=CCN(Cc1ccccc1F)C(=O)c1cc(Cl)c2c(c1)OCCCO2. The third kappa shape index (κ3) is 3.99. The van der Waals surface area contributed by atoms with E-state index in [2.05, 4.69) is 6.58 Å². The van der Waals surface area contributed by atoms with E-state index in [0.717, 1.165) is 6.42 Å². The van der Waals surface area contributed by atoms with Crippen LogP contribution in [-0.4, -0.2) is 30.6 Å². The molecule has 0 spiro atoms. The van der Waals surface area contributed by atoms with Gasteiger partial charge < -0.3 is 14.4 Å². The molecule has 2 aromatic carbocycles. The second kappa shape index (κ2) is 8.23. The van der Waals surface area contributed by atoms with Gasteiger partial charge in [0.1, 0.15) is 5.82 Å². The lowest BCUT2D eigenvalue weighted by Crippen LogP contribution is -2.31. The van der Waals surface area contributed by atoms with Gasteiger partial charge in [0, 0.05) is 30.6 Å². The second-order valence-corrected chi connectivity index (χ2v) is 6.31. The summed E-state index contributed by atoms with van der Waals surface area (Å²) in [4.78, 5) is 14.5. The molecule has 0 atom stereocenters. The summed E-state index contributed by atoms with van der Waals surface area (Å²) in [6.07, 6.45) is 2.34. The highest BCUT2D eigenvalue weighted by Gasteiger charge is 2.22. The molecule has 6 heteroatoms. The van der Waals surface area contributed by atoms with E-state index in [1.807, 2.05) is 0 Å². The Hall–Kier alpha value is -2.53. The largest absolute Gasteiger partial charge is 0.489 e. The molecule has 0 aliphatic carbocycles. The fraction of sp³-hybridized carbons (Fsp3) is 0.250. The van der Waals surface area contributed by atoms with Crippen molar-refractivity contribution in [3.63, 3.8) is 0 Å². The van der Waals surface area contributed by atoms with Crippen molar-refractivity contribution in [3.05, 3.63) is 71.0 Å². The van der Waals surface area contributed by atoms with E-state index in [1.54, 1.807) is 36.4 Å². The zero-order valence-corrected chi connectivity index (χ0v) is 15.0. The van der Waals surface area contributed by atoms with Crippen molar-refractivity contribution in [1.29, 1.82) is 0 Å². The number of carbonyl (C=O) groups is 1. The van der Waals surface area contributed by atoms with Crippen molar-refractivity contribution in [2.75, 3.05) is 19.8 Å². The van der Waals surface area contributed by atoms with Crippen LogP contribution in [0.25, 0.3) is 0 Å². The van der Waals surface area contributed by atoms with E-state index in [4.69, 9.17) is 21.1 Å². The molecule has 0 bridgehead atoms. The topological polar surface area (TPSA) is 38.8 Å². The Kier molecular flexibility index (Phi) is 5.78. The summed E-state index contributed by atoms with van der Waals surface area (Å²) in [5.74, 6) is 0.254. The Balaban J connectivity index is 1.90. The average Bonchev–Trinajstić information content (AvgIpc) is 2.88. The number of halogens is 2. The van der Waals surface area contributed by atoms with E-state index >= 15 is 0 Å². The molecule has 1 aliphatic rings. The van der Waals surface area contributed by atoms with Crippen molar-refractivity contribution in [2.24, 2.45) is 0 Å². The Morgan fingerprint density at radius 1 is 1.27 bits per heavy atom. The number of carbonyl (C=O) groups excluding carboxylic acids is 1. The molecule has 136 valence electrons. The Morgan fingerprint density at radius 2 is 2.04 bits per heavy atom. The van der Waals surface area contributed by atoms with Gasteiger partial charge in [-0.1, -0.05) is 35.9 Å².